The summed E-state index contributed by atoms with van der Waals surface area (Å²) in [5.41, 5.74) is 3.95. The van der Waals surface area contributed by atoms with Gasteiger partial charge in [-0.1, -0.05) is 12.1 Å². The maximum Gasteiger partial charge on any atom is 0.144 e. The van der Waals surface area contributed by atoms with Crippen LogP contribution in [0.1, 0.15) is 28.8 Å². The van der Waals surface area contributed by atoms with Gasteiger partial charge in [-0.2, -0.15) is 5.26 Å². The van der Waals surface area contributed by atoms with Crippen molar-refractivity contribution in [3.63, 3.8) is 0 Å². The lowest BCUT2D eigenvalue weighted by molar-refractivity contribution is 0.475. The van der Waals surface area contributed by atoms with Crippen LogP contribution in [0.4, 0.5) is 5.82 Å². The van der Waals surface area contributed by atoms with Gasteiger partial charge in [0.15, 0.2) is 0 Å². The molecule has 4 heteroatoms. The molecule has 2 aromatic rings. The van der Waals surface area contributed by atoms with Crippen molar-refractivity contribution in [2.45, 2.75) is 25.8 Å². The van der Waals surface area contributed by atoms with Gasteiger partial charge in [-0.3, -0.25) is 0 Å². The highest BCUT2D eigenvalue weighted by molar-refractivity contribution is 5.55. The van der Waals surface area contributed by atoms with E-state index in [9.17, 15) is 10.4 Å². The smallest absolute Gasteiger partial charge is 0.144 e. The number of nitrogens with one attached hydrogen (secondary N) is 1. The van der Waals surface area contributed by atoms with E-state index in [2.05, 4.69) is 16.4 Å². The second kappa shape index (κ2) is 5.22. The Hall–Kier alpha value is -2.54. The third kappa shape index (κ3) is 2.43. The first-order valence-corrected chi connectivity index (χ1v) is 6.71. The van der Waals surface area contributed by atoms with Crippen molar-refractivity contribution in [2.75, 3.05) is 5.32 Å². The predicted molar refractivity (Wildman–Crippen MR) is 76.4 cm³/mol. The number of pyridine rings is 1. The largest absolute Gasteiger partial charge is 0.508 e. The fourth-order valence-corrected chi connectivity index (χ4v) is 2.49. The van der Waals surface area contributed by atoms with Crippen LogP contribution in [0.3, 0.4) is 0 Å². The summed E-state index contributed by atoms with van der Waals surface area (Å²) in [4.78, 5) is 4.57. The van der Waals surface area contributed by atoms with Gasteiger partial charge < -0.3 is 10.4 Å². The number of aromatic nitrogens is 1. The second-order valence-corrected chi connectivity index (χ2v) is 4.98. The van der Waals surface area contributed by atoms with E-state index in [1.807, 2.05) is 18.2 Å². The molecule has 1 aliphatic rings. The van der Waals surface area contributed by atoms with Crippen molar-refractivity contribution in [2.24, 2.45) is 0 Å². The van der Waals surface area contributed by atoms with Crippen LogP contribution in [0.5, 0.6) is 5.75 Å². The van der Waals surface area contributed by atoms with Gasteiger partial charge in [-0.05, 0) is 48.6 Å². The Labute approximate surface area is 117 Å². The van der Waals surface area contributed by atoms with Crippen molar-refractivity contribution in [3.05, 3.63) is 52.7 Å². The Balaban J connectivity index is 1.80. The Morgan fingerprint density at radius 2 is 2.05 bits per heavy atom. The van der Waals surface area contributed by atoms with E-state index in [4.69, 9.17) is 0 Å². The summed E-state index contributed by atoms with van der Waals surface area (Å²) in [7, 11) is 0. The van der Waals surface area contributed by atoms with Crippen molar-refractivity contribution >= 4 is 5.82 Å². The number of rotatable bonds is 3. The van der Waals surface area contributed by atoms with E-state index in [-0.39, 0.29) is 5.75 Å². The second-order valence-electron chi connectivity index (χ2n) is 4.98. The van der Waals surface area contributed by atoms with Crippen LogP contribution >= 0.6 is 0 Å². The van der Waals surface area contributed by atoms with Gasteiger partial charge in [0.05, 0.1) is 5.56 Å². The fourth-order valence-electron chi connectivity index (χ4n) is 2.49. The van der Waals surface area contributed by atoms with E-state index in [1.54, 1.807) is 12.1 Å². The van der Waals surface area contributed by atoms with Gasteiger partial charge >= 0.3 is 0 Å². The summed E-state index contributed by atoms with van der Waals surface area (Å²) in [5, 5.41) is 21.7. The molecule has 20 heavy (non-hydrogen) atoms. The maximum absolute atomic E-state index is 9.25. The molecule has 0 unspecified atom stereocenters. The fraction of sp³-hybridized carbons (Fsp3) is 0.250. The molecule has 0 fully saturated rings. The van der Waals surface area contributed by atoms with Gasteiger partial charge in [0.1, 0.15) is 17.6 Å². The molecule has 0 atom stereocenters. The Morgan fingerprint density at radius 3 is 2.80 bits per heavy atom. The van der Waals surface area contributed by atoms with E-state index >= 15 is 0 Å². The zero-order chi connectivity index (χ0) is 13.9. The molecule has 2 N–H and O–H groups in total. The van der Waals surface area contributed by atoms with Crippen LogP contribution < -0.4 is 5.32 Å². The van der Waals surface area contributed by atoms with Crippen LogP contribution in [0, 0.1) is 11.3 Å². The first kappa shape index (κ1) is 12.5. The number of hydrogen-bond acceptors (Lipinski definition) is 4. The van der Waals surface area contributed by atoms with E-state index in [0.29, 0.717) is 17.9 Å². The monoisotopic (exact) mass is 265 g/mol. The quantitative estimate of drug-likeness (QED) is 0.895. The third-order valence-corrected chi connectivity index (χ3v) is 3.57. The first-order chi connectivity index (χ1) is 9.76. The van der Waals surface area contributed by atoms with E-state index in [1.165, 1.54) is 5.56 Å². The Kier molecular flexibility index (Phi) is 3.26. The summed E-state index contributed by atoms with van der Waals surface area (Å²) in [6.45, 7) is 0.584. The minimum atomic E-state index is 0.252. The van der Waals surface area contributed by atoms with Crippen LogP contribution in [0.15, 0.2) is 30.3 Å². The zero-order valence-electron chi connectivity index (χ0n) is 11.1. The average molecular weight is 265 g/mol. The molecule has 0 spiro atoms. The number of phenols is 1. The number of benzene rings is 1. The third-order valence-electron chi connectivity index (χ3n) is 3.57. The molecular weight excluding hydrogens is 250 g/mol. The van der Waals surface area contributed by atoms with Crippen molar-refractivity contribution < 1.29 is 5.11 Å². The highest BCUT2D eigenvalue weighted by Crippen LogP contribution is 2.25. The minimum Gasteiger partial charge on any atom is -0.508 e. The topological polar surface area (TPSA) is 68.9 Å². The standard InChI is InChI=1S/C16H15N3O/c17-9-13-8-12-2-1-3-15(12)19-16(13)18-10-11-4-6-14(20)7-5-11/h4-8,20H,1-3,10H2,(H,18,19). The lowest BCUT2D eigenvalue weighted by atomic mass is 10.1. The molecule has 100 valence electrons. The van der Waals surface area contributed by atoms with E-state index < -0.39 is 0 Å². The van der Waals surface area contributed by atoms with Gasteiger partial charge in [0.2, 0.25) is 0 Å². The summed E-state index contributed by atoms with van der Waals surface area (Å²) in [6.07, 6.45) is 3.14. The average Bonchev–Trinajstić information content (AvgIpc) is 2.92. The number of hydrogen-bond donors (Lipinski definition) is 2. The Bertz CT molecular complexity index is 671. The summed E-state index contributed by atoms with van der Waals surface area (Å²) < 4.78 is 0. The van der Waals surface area contributed by atoms with Gasteiger partial charge in [0.25, 0.3) is 0 Å². The molecule has 4 nitrogen and oxygen atoms in total. The SMILES string of the molecule is N#Cc1cc2c(nc1NCc1ccc(O)cc1)CCC2. The number of nitriles is 1. The molecule has 0 saturated heterocycles. The molecular formula is C16H15N3O. The van der Waals surface area contributed by atoms with Crippen molar-refractivity contribution in [1.29, 1.82) is 5.26 Å². The predicted octanol–water partition coefficient (Wildman–Crippen LogP) is 2.76. The minimum absolute atomic E-state index is 0.252. The highest BCUT2D eigenvalue weighted by atomic mass is 16.3. The Morgan fingerprint density at radius 1 is 1.25 bits per heavy atom. The molecule has 1 aromatic carbocycles. The molecule has 1 aromatic heterocycles. The summed E-state index contributed by atoms with van der Waals surface area (Å²) >= 11 is 0. The van der Waals surface area contributed by atoms with Gasteiger partial charge in [0, 0.05) is 12.2 Å². The summed E-state index contributed by atoms with van der Waals surface area (Å²) in [6, 6.07) is 11.2. The number of nitrogens with zero attached hydrogens (tertiary/aromatic N) is 2. The highest BCUT2D eigenvalue weighted by Gasteiger charge is 2.16. The normalized spacial score (nSPS) is 12.8. The molecule has 1 aliphatic carbocycles. The molecule has 0 saturated carbocycles. The summed E-state index contributed by atoms with van der Waals surface area (Å²) in [5.74, 6) is 0.906. The van der Waals surface area contributed by atoms with Crippen molar-refractivity contribution in [1.82, 2.24) is 4.98 Å². The molecule has 0 aliphatic heterocycles. The number of aromatic hydroxyl groups is 1. The number of anilines is 1. The van der Waals surface area contributed by atoms with Gasteiger partial charge in [-0.15, -0.1) is 0 Å². The molecule has 0 bridgehead atoms. The molecule has 0 radical (unpaired) electrons. The lowest BCUT2D eigenvalue weighted by Gasteiger charge is -2.10. The number of phenolic OH excluding ortho intramolecular Hbond substituents is 1. The number of aryl methyl sites for hydroxylation is 2. The first-order valence-electron chi connectivity index (χ1n) is 6.71. The van der Waals surface area contributed by atoms with Gasteiger partial charge in [-0.25, -0.2) is 4.98 Å². The van der Waals surface area contributed by atoms with Crippen LogP contribution in [-0.2, 0) is 19.4 Å². The van der Waals surface area contributed by atoms with Crippen LogP contribution in [-0.4, -0.2) is 10.1 Å². The van der Waals surface area contributed by atoms with Crippen LogP contribution in [0.25, 0.3) is 0 Å². The number of fused-ring (bicyclic) bond motifs is 1. The maximum atomic E-state index is 9.25. The van der Waals surface area contributed by atoms with E-state index in [0.717, 1.165) is 30.5 Å². The molecule has 0 amide bonds. The molecule has 3 rings (SSSR count). The van der Waals surface area contributed by atoms with Crippen molar-refractivity contribution in [3.8, 4) is 11.8 Å². The molecule has 1 heterocycles. The lowest BCUT2D eigenvalue weighted by Crippen LogP contribution is -2.05. The zero-order valence-corrected chi connectivity index (χ0v) is 11.1. The van der Waals surface area contributed by atoms with Crippen LogP contribution in [0.2, 0.25) is 0 Å².